The molecule has 1 aromatic carbocycles. The minimum Gasteiger partial charge on any atom is -0.121 e. The maximum Gasteiger partial charge on any atom is 0.0754 e. The fraction of sp³-hybridized carbons (Fsp3) is 0.333. The van der Waals surface area contributed by atoms with Crippen molar-refractivity contribution in [1.29, 1.82) is 0 Å². The largest absolute Gasteiger partial charge is 0.121 e. The quantitative estimate of drug-likeness (QED) is 0.547. The number of fused-ring (bicyclic) bond motifs is 1. The minimum absolute atomic E-state index is 0.00728. The molecule has 0 fully saturated rings. The van der Waals surface area contributed by atoms with Gasteiger partial charge in [0, 0.05) is 0 Å². The van der Waals surface area contributed by atoms with E-state index in [1.807, 2.05) is 12.1 Å². The fourth-order valence-corrected chi connectivity index (χ4v) is 2.10. The molecule has 0 unspecified atom stereocenters. The molecular formula is C9H8Cl2. The molecule has 58 valence electrons. The maximum absolute atomic E-state index is 6.06. The second kappa shape index (κ2) is 2.69. The molecule has 1 aromatic rings. The van der Waals surface area contributed by atoms with Crippen LogP contribution in [0.2, 0.25) is 0 Å². The summed E-state index contributed by atoms with van der Waals surface area (Å²) in [6.45, 7) is 0. The molecule has 0 nitrogen and oxygen atoms in total. The number of alkyl halides is 2. The van der Waals surface area contributed by atoms with Gasteiger partial charge < -0.3 is 0 Å². The summed E-state index contributed by atoms with van der Waals surface area (Å²) in [5.41, 5.74) is 2.50. The summed E-state index contributed by atoms with van der Waals surface area (Å²) in [7, 11) is 0. The molecule has 0 saturated heterocycles. The number of hydrogen-bond acceptors (Lipinski definition) is 0. The lowest BCUT2D eigenvalue weighted by molar-refractivity contribution is 0.892. The van der Waals surface area contributed by atoms with Crippen LogP contribution in [0, 0.1) is 0 Å². The minimum atomic E-state index is 0.00728. The van der Waals surface area contributed by atoms with Gasteiger partial charge in [0.25, 0.3) is 0 Å². The zero-order valence-corrected chi connectivity index (χ0v) is 7.44. The van der Waals surface area contributed by atoms with Gasteiger partial charge in [0.15, 0.2) is 0 Å². The van der Waals surface area contributed by atoms with E-state index in [0.717, 1.165) is 6.42 Å². The van der Waals surface area contributed by atoms with Gasteiger partial charge in [-0.3, -0.25) is 0 Å². The highest BCUT2D eigenvalue weighted by Crippen LogP contribution is 2.38. The Morgan fingerprint density at radius 3 is 2.64 bits per heavy atom. The summed E-state index contributed by atoms with van der Waals surface area (Å²) < 4.78 is 0. The summed E-state index contributed by atoms with van der Waals surface area (Å²) in [6.07, 6.45) is 0.909. The molecule has 0 bridgehead atoms. The van der Waals surface area contributed by atoms with E-state index in [2.05, 4.69) is 12.1 Å². The Morgan fingerprint density at radius 1 is 1.18 bits per heavy atom. The Hall–Kier alpha value is -0.200. The van der Waals surface area contributed by atoms with Crippen LogP contribution >= 0.6 is 23.2 Å². The molecular weight excluding hydrogens is 179 g/mol. The lowest BCUT2D eigenvalue weighted by atomic mass is 10.1. The highest BCUT2D eigenvalue weighted by molar-refractivity contribution is 6.30. The molecule has 2 atom stereocenters. The summed E-state index contributed by atoms with van der Waals surface area (Å²) in [5, 5.41) is 0.0851. The summed E-state index contributed by atoms with van der Waals surface area (Å²) >= 11 is 12.1. The SMILES string of the molecule is Cl[C@@H]1Cc2ccccc2[C@H]1Cl. The molecule has 0 aliphatic heterocycles. The molecule has 2 heteroatoms. The first-order chi connectivity index (χ1) is 5.29. The maximum atomic E-state index is 6.06. The van der Waals surface area contributed by atoms with Gasteiger partial charge in [0.05, 0.1) is 10.8 Å². The van der Waals surface area contributed by atoms with Crippen LogP contribution in [0.3, 0.4) is 0 Å². The third-order valence-electron chi connectivity index (χ3n) is 2.08. The van der Waals surface area contributed by atoms with Crippen molar-refractivity contribution in [3.63, 3.8) is 0 Å². The van der Waals surface area contributed by atoms with Gasteiger partial charge in [-0.15, -0.1) is 23.2 Å². The Kier molecular flexibility index (Phi) is 1.82. The molecule has 11 heavy (non-hydrogen) atoms. The first-order valence-corrected chi connectivity index (χ1v) is 4.52. The Bertz CT molecular complexity index is 270. The van der Waals surface area contributed by atoms with Crippen LogP contribution in [-0.4, -0.2) is 5.38 Å². The van der Waals surface area contributed by atoms with Crippen LogP contribution in [-0.2, 0) is 6.42 Å². The Balaban J connectivity index is 2.47. The topological polar surface area (TPSA) is 0 Å². The molecule has 0 amide bonds. The average Bonchev–Trinajstić information content (AvgIpc) is 2.30. The van der Waals surface area contributed by atoms with Crippen LogP contribution in [0.1, 0.15) is 16.5 Å². The van der Waals surface area contributed by atoms with Gasteiger partial charge in [0.1, 0.15) is 0 Å². The smallest absolute Gasteiger partial charge is 0.0754 e. The van der Waals surface area contributed by atoms with Crippen molar-refractivity contribution >= 4 is 23.2 Å². The molecule has 1 aliphatic carbocycles. The monoisotopic (exact) mass is 186 g/mol. The number of rotatable bonds is 0. The molecule has 0 heterocycles. The molecule has 0 saturated carbocycles. The van der Waals surface area contributed by atoms with Crippen molar-refractivity contribution in [2.75, 3.05) is 0 Å². The summed E-state index contributed by atoms with van der Waals surface area (Å²) in [4.78, 5) is 0. The van der Waals surface area contributed by atoms with E-state index >= 15 is 0 Å². The summed E-state index contributed by atoms with van der Waals surface area (Å²) in [5.74, 6) is 0. The standard InChI is InChI=1S/C9H8Cl2/c10-8-5-6-3-1-2-4-7(6)9(8)11/h1-4,8-9H,5H2/t8-,9-/m1/s1. The Morgan fingerprint density at radius 2 is 1.91 bits per heavy atom. The van der Waals surface area contributed by atoms with Gasteiger partial charge in [-0.05, 0) is 17.5 Å². The second-order valence-corrected chi connectivity index (χ2v) is 3.85. The first kappa shape index (κ1) is 7.45. The van der Waals surface area contributed by atoms with E-state index in [-0.39, 0.29) is 10.8 Å². The third-order valence-corrected chi connectivity index (χ3v) is 3.16. The van der Waals surface area contributed by atoms with Gasteiger partial charge in [-0.1, -0.05) is 24.3 Å². The second-order valence-electron chi connectivity index (χ2n) is 2.82. The molecule has 0 N–H and O–H groups in total. The zero-order chi connectivity index (χ0) is 7.84. The van der Waals surface area contributed by atoms with Crippen molar-refractivity contribution in [3.8, 4) is 0 Å². The van der Waals surface area contributed by atoms with E-state index in [9.17, 15) is 0 Å². The van der Waals surface area contributed by atoms with Crippen LogP contribution < -0.4 is 0 Å². The molecule has 1 aliphatic rings. The number of hydrogen-bond donors (Lipinski definition) is 0. The lowest BCUT2D eigenvalue weighted by Gasteiger charge is -2.03. The predicted octanol–water partition coefficient (Wildman–Crippen LogP) is 3.13. The van der Waals surface area contributed by atoms with Gasteiger partial charge in [0.2, 0.25) is 0 Å². The van der Waals surface area contributed by atoms with Crippen molar-refractivity contribution in [2.45, 2.75) is 17.2 Å². The predicted molar refractivity (Wildman–Crippen MR) is 48.4 cm³/mol. The normalized spacial score (nSPS) is 28.5. The van der Waals surface area contributed by atoms with Crippen molar-refractivity contribution < 1.29 is 0 Å². The van der Waals surface area contributed by atoms with E-state index in [0.29, 0.717) is 0 Å². The van der Waals surface area contributed by atoms with E-state index in [1.54, 1.807) is 0 Å². The fourth-order valence-electron chi connectivity index (χ4n) is 1.50. The summed E-state index contributed by atoms with van der Waals surface area (Å²) in [6, 6.07) is 8.17. The Labute approximate surface area is 76.1 Å². The molecule has 0 spiro atoms. The van der Waals surface area contributed by atoms with Gasteiger partial charge >= 0.3 is 0 Å². The van der Waals surface area contributed by atoms with E-state index < -0.39 is 0 Å². The van der Waals surface area contributed by atoms with Crippen molar-refractivity contribution in [1.82, 2.24) is 0 Å². The third kappa shape index (κ3) is 1.15. The highest BCUT2D eigenvalue weighted by Gasteiger charge is 2.28. The molecule has 0 radical (unpaired) electrons. The van der Waals surface area contributed by atoms with Gasteiger partial charge in [-0.2, -0.15) is 0 Å². The van der Waals surface area contributed by atoms with Crippen molar-refractivity contribution in [2.24, 2.45) is 0 Å². The highest BCUT2D eigenvalue weighted by atomic mass is 35.5. The molecule has 0 aromatic heterocycles. The zero-order valence-electron chi connectivity index (χ0n) is 5.93. The van der Waals surface area contributed by atoms with Crippen LogP contribution in [0.4, 0.5) is 0 Å². The van der Waals surface area contributed by atoms with E-state index in [1.165, 1.54) is 11.1 Å². The van der Waals surface area contributed by atoms with Crippen LogP contribution in [0.25, 0.3) is 0 Å². The van der Waals surface area contributed by atoms with E-state index in [4.69, 9.17) is 23.2 Å². The van der Waals surface area contributed by atoms with Crippen LogP contribution in [0.15, 0.2) is 24.3 Å². The molecule has 2 rings (SSSR count). The number of halogens is 2. The average molecular weight is 187 g/mol. The van der Waals surface area contributed by atoms with Gasteiger partial charge in [-0.25, -0.2) is 0 Å². The first-order valence-electron chi connectivity index (χ1n) is 3.65. The van der Waals surface area contributed by atoms with Crippen molar-refractivity contribution in [3.05, 3.63) is 35.4 Å². The van der Waals surface area contributed by atoms with Crippen LogP contribution in [0.5, 0.6) is 0 Å². The lowest BCUT2D eigenvalue weighted by Crippen LogP contribution is -1.98. The number of benzene rings is 1.